The molecule has 3 saturated heterocycles. The van der Waals surface area contributed by atoms with Gasteiger partial charge in [0.1, 0.15) is 48.0 Å². The average molecular weight is 831 g/mol. The van der Waals surface area contributed by atoms with Crippen molar-refractivity contribution >= 4 is 24.1 Å². The van der Waals surface area contributed by atoms with Crippen molar-refractivity contribution in [3.63, 3.8) is 0 Å². The molecule has 2 aromatic rings. The number of carbonyl (C=O) groups is 2. The average Bonchev–Trinajstić information content (AvgIpc) is 3.91. The Kier molecular flexibility index (Phi) is 12.6. The number of aliphatic hydroxyl groups excluding tert-OH is 6. The summed E-state index contributed by atoms with van der Waals surface area (Å²) < 4.78 is 52.5. The number of fused-ring (bicyclic) bond motifs is 3. The number of epoxide rings is 1. The Bertz CT molecular complexity index is 1900. The zero-order valence-electron chi connectivity index (χ0n) is 31.6. The number of phenols is 2. The van der Waals surface area contributed by atoms with Gasteiger partial charge in [0, 0.05) is 18.1 Å². The fraction of sp³-hybridized carbons (Fsp3) is 0.500. The van der Waals surface area contributed by atoms with Crippen LogP contribution in [0, 0.1) is 11.8 Å². The maximum Gasteiger partial charge on any atom is 0.331 e. The van der Waals surface area contributed by atoms with Crippen molar-refractivity contribution in [3.05, 3.63) is 78.1 Å². The topological polar surface area (TPSA) is 282 Å². The van der Waals surface area contributed by atoms with Gasteiger partial charge in [-0.3, -0.25) is 0 Å². The third kappa shape index (κ3) is 8.54. The molecule has 19 heteroatoms. The van der Waals surface area contributed by atoms with Crippen LogP contribution in [0.3, 0.4) is 0 Å². The Morgan fingerprint density at radius 3 is 2.14 bits per heavy atom. The highest BCUT2D eigenvalue weighted by molar-refractivity contribution is 5.88. The molecule has 4 aliphatic heterocycles. The van der Waals surface area contributed by atoms with Crippen LogP contribution in [0.1, 0.15) is 18.1 Å². The van der Waals surface area contributed by atoms with Gasteiger partial charge in [-0.15, -0.1) is 0 Å². The van der Waals surface area contributed by atoms with E-state index in [9.17, 15) is 50.4 Å². The predicted octanol–water partition coefficient (Wildman–Crippen LogP) is -0.790. The van der Waals surface area contributed by atoms with Crippen molar-refractivity contribution in [2.24, 2.45) is 11.8 Å². The van der Waals surface area contributed by atoms with Crippen LogP contribution in [-0.2, 0) is 47.5 Å². The second-order valence-electron chi connectivity index (χ2n) is 14.7. The van der Waals surface area contributed by atoms with Crippen molar-refractivity contribution in [2.75, 3.05) is 20.3 Å². The number of hydrogen-bond acceptors (Lipinski definition) is 19. The number of aliphatic hydroxyl groups is 6. The first-order chi connectivity index (χ1) is 28.3. The normalized spacial score (nSPS) is 38.7. The van der Waals surface area contributed by atoms with Crippen LogP contribution in [0.2, 0.25) is 0 Å². The highest BCUT2D eigenvalue weighted by Crippen LogP contribution is 2.61. The molecule has 8 N–H and O–H groups in total. The summed E-state index contributed by atoms with van der Waals surface area (Å²) in [5.41, 5.74) is -0.326. The van der Waals surface area contributed by atoms with Crippen molar-refractivity contribution < 1.29 is 93.1 Å². The highest BCUT2D eigenvalue weighted by Gasteiger charge is 2.77. The van der Waals surface area contributed by atoms with E-state index >= 15 is 0 Å². The molecule has 4 fully saturated rings. The van der Waals surface area contributed by atoms with Crippen molar-refractivity contribution in [1.82, 2.24) is 0 Å². The molecule has 19 nitrogen and oxygen atoms in total. The van der Waals surface area contributed by atoms with E-state index in [4.69, 9.17) is 42.6 Å². The van der Waals surface area contributed by atoms with Gasteiger partial charge in [0.25, 0.3) is 0 Å². The van der Waals surface area contributed by atoms with E-state index in [0.717, 1.165) is 12.2 Å². The van der Waals surface area contributed by atoms with Gasteiger partial charge in [-0.25, -0.2) is 9.59 Å². The largest absolute Gasteiger partial charge is 0.508 e. The third-order valence-corrected chi connectivity index (χ3v) is 11.1. The van der Waals surface area contributed by atoms with Gasteiger partial charge in [-0.1, -0.05) is 18.2 Å². The SMILES string of the molecule is COc1cc(/C=C/C(=O)O[C@@H]2[C@@H](O)[C@H](C)O[C@@H](O[C@H]3[C@@H]4C=CO[C@@H](O[C@@H]5O[C@H](CO)[C@@H](O)[C@H](O)[C@H]5O)[C@@H]4[C@@]4(CO)O[C@@H]34)[C@@H]2OC(=O)/C=C/c2ccc(O)cc2)ccc1O. The minimum atomic E-state index is -1.75. The number of ether oxygens (including phenoxy) is 9. The zero-order chi connectivity index (χ0) is 42.2. The van der Waals surface area contributed by atoms with E-state index in [2.05, 4.69) is 0 Å². The Hall–Kier alpha value is -4.64. The summed E-state index contributed by atoms with van der Waals surface area (Å²) >= 11 is 0. The van der Waals surface area contributed by atoms with Crippen LogP contribution in [0.15, 0.2) is 67.0 Å². The number of methoxy groups -OCH3 is 1. The monoisotopic (exact) mass is 830 g/mol. The van der Waals surface area contributed by atoms with E-state index in [-0.39, 0.29) is 17.2 Å². The van der Waals surface area contributed by atoms with Gasteiger partial charge in [-0.2, -0.15) is 0 Å². The Morgan fingerprint density at radius 1 is 0.780 bits per heavy atom. The first-order valence-corrected chi connectivity index (χ1v) is 18.8. The Labute approximate surface area is 336 Å². The number of phenolic OH excluding ortho intramolecular Hbond substituents is 2. The molecule has 16 atom stereocenters. The minimum absolute atomic E-state index is 0.0144. The summed E-state index contributed by atoms with van der Waals surface area (Å²) in [4.78, 5) is 26.7. The zero-order valence-corrected chi connectivity index (χ0v) is 31.6. The van der Waals surface area contributed by atoms with Crippen LogP contribution >= 0.6 is 0 Å². The molecule has 0 unspecified atom stereocenters. The first-order valence-electron chi connectivity index (χ1n) is 18.8. The van der Waals surface area contributed by atoms with Gasteiger partial charge in [0.05, 0.1) is 44.7 Å². The fourth-order valence-electron chi connectivity index (χ4n) is 7.88. The summed E-state index contributed by atoms with van der Waals surface area (Å²) in [5.74, 6) is -3.35. The molecular formula is C40H46O19. The number of hydrogen-bond donors (Lipinski definition) is 8. The van der Waals surface area contributed by atoms with E-state index in [1.807, 2.05) is 0 Å². The van der Waals surface area contributed by atoms with Gasteiger partial charge >= 0.3 is 11.9 Å². The van der Waals surface area contributed by atoms with Crippen molar-refractivity contribution in [1.29, 1.82) is 0 Å². The Balaban J connectivity index is 1.14. The van der Waals surface area contributed by atoms with Crippen LogP contribution in [0.5, 0.6) is 17.2 Å². The summed E-state index contributed by atoms with van der Waals surface area (Å²) in [6, 6.07) is 10.3. The molecule has 4 heterocycles. The predicted molar refractivity (Wildman–Crippen MR) is 196 cm³/mol. The highest BCUT2D eigenvalue weighted by atomic mass is 16.8. The smallest absolute Gasteiger partial charge is 0.331 e. The van der Waals surface area contributed by atoms with Crippen molar-refractivity contribution in [2.45, 2.75) is 92.4 Å². The molecule has 0 bridgehead atoms. The van der Waals surface area contributed by atoms with E-state index < -0.39 is 122 Å². The molecule has 1 saturated carbocycles. The minimum Gasteiger partial charge on any atom is -0.508 e. The van der Waals surface area contributed by atoms with Gasteiger partial charge < -0.3 is 83.5 Å². The fourth-order valence-corrected chi connectivity index (χ4v) is 7.88. The molecule has 59 heavy (non-hydrogen) atoms. The lowest BCUT2D eigenvalue weighted by molar-refractivity contribution is -0.347. The lowest BCUT2D eigenvalue weighted by Crippen LogP contribution is -2.61. The van der Waals surface area contributed by atoms with Crippen LogP contribution in [-0.4, -0.2) is 159 Å². The molecular weight excluding hydrogens is 784 g/mol. The van der Waals surface area contributed by atoms with Crippen LogP contribution in [0.4, 0.5) is 0 Å². The van der Waals surface area contributed by atoms with Crippen LogP contribution < -0.4 is 4.74 Å². The van der Waals surface area contributed by atoms with E-state index in [1.54, 1.807) is 18.2 Å². The molecule has 0 spiro atoms. The molecule has 2 aromatic carbocycles. The maximum absolute atomic E-state index is 13.4. The number of rotatable bonds is 13. The first kappa shape index (κ1) is 42.5. The number of carbonyl (C=O) groups excluding carboxylic acids is 2. The molecule has 1 aliphatic carbocycles. The standard InChI is InChI=1S/C40H46O19/c1-18-29(47)34(55-26(45)12-7-20-5-10-23(44)24(15-20)51-2)35(56-27(46)11-6-19-3-8-21(43)9-4-19)39(53-18)57-33-22-13-14-52-37(28(22)40(17-42)36(33)59-40)58-38-32(50)31(49)30(48)25(16-41)54-38/h3-15,18,22,25,28-39,41-44,47-50H,16-17H2,1-2H3/b11-6+,12-7+/t18-,22+,25+,28+,29-,30+,31-,32+,33-,34+,35+,36-,37-,38-,39-,40+/m0/s1. The summed E-state index contributed by atoms with van der Waals surface area (Å²) in [7, 11) is 1.37. The lowest BCUT2D eigenvalue weighted by atomic mass is 9.85. The summed E-state index contributed by atoms with van der Waals surface area (Å²) in [6.45, 7) is 0.243. The molecule has 0 aromatic heterocycles. The molecule has 5 aliphatic rings. The van der Waals surface area contributed by atoms with Gasteiger partial charge in [0.15, 0.2) is 36.3 Å². The summed E-state index contributed by atoms with van der Waals surface area (Å²) in [6.07, 6.45) is -10.5. The van der Waals surface area contributed by atoms with E-state index in [0.29, 0.717) is 11.1 Å². The number of esters is 2. The van der Waals surface area contributed by atoms with Crippen molar-refractivity contribution in [3.8, 4) is 17.2 Å². The molecule has 0 radical (unpaired) electrons. The second-order valence-corrected chi connectivity index (χ2v) is 14.7. The lowest BCUT2D eigenvalue weighted by Gasteiger charge is -2.44. The second kappa shape index (κ2) is 17.5. The quantitative estimate of drug-likeness (QED) is 0.0698. The molecule has 7 rings (SSSR count). The summed E-state index contributed by atoms with van der Waals surface area (Å²) in [5, 5.41) is 82.5. The number of aromatic hydroxyl groups is 2. The maximum atomic E-state index is 13.4. The van der Waals surface area contributed by atoms with Gasteiger partial charge in [-0.05, 0) is 60.5 Å². The van der Waals surface area contributed by atoms with Crippen LogP contribution in [0.25, 0.3) is 12.2 Å². The molecule has 320 valence electrons. The van der Waals surface area contributed by atoms with Gasteiger partial charge in [0.2, 0.25) is 6.29 Å². The van der Waals surface area contributed by atoms with E-state index in [1.165, 1.54) is 62.8 Å². The Morgan fingerprint density at radius 2 is 1.46 bits per heavy atom. The number of benzene rings is 2. The third-order valence-electron chi connectivity index (χ3n) is 11.1. The molecule has 0 amide bonds.